The molecule has 0 radical (unpaired) electrons. The summed E-state index contributed by atoms with van der Waals surface area (Å²) in [5.74, 6) is -6.84. The van der Waals surface area contributed by atoms with Gasteiger partial charge in [-0.1, -0.05) is 187 Å². The number of carboxylic acids is 4. The van der Waals surface area contributed by atoms with Gasteiger partial charge in [0.15, 0.2) is 0 Å². The summed E-state index contributed by atoms with van der Waals surface area (Å²) in [5, 5.41) is 78.8. The normalized spacial score (nSPS) is 12.0. The number of unbranched alkanes of at least 4 members (excludes halogenated alkanes) is 8. The van der Waals surface area contributed by atoms with Gasteiger partial charge in [0.25, 0.3) is 0 Å². The summed E-state index contributed by atoms with van der Waals surface area (Å²) in [6.45, 7) is 31.3. The van der Waals surface area contributed by atoms with Crippen molar-refractivity contribution in [3.05, 3.63) is 166 Å². The molecule has 12 nitrogen and oxygen atoms in total. The van der Waals surface area contributed by atoms with Crippen LogP contribution >= 0.6 is 0 Å². The van der Waals surface area contributed by atoms with E-state index in [1.165, 1.54) is 24.3 Å². The molecule has 0 aliphatic rings. The molecule has 0 saturated heterocycles. The molecule has 4 aromatic carbocycles. The minimum Gasteiger partial charge on any atom is -0.507 e. The minimum atomic E-state index is -0.977. The number of aromatic hydroxyl groups is 4. The quantitative estimate of drug-likeness (QED) is 0.0199. The fourth-order valence-electron chi connectivity index (χ4n) is 9.87. The summed E-state index contributed by atoms with van der Waals surface area (Å²) < 4.78 is 0. The predicted octanol–water partition coefficient (Wildman–Crippen LogP) is 18.4. The second-order valence-corrected chi connectivity index (χ2v) is 21.8. The number of phenols is 4. The van der Waals surface area contributed by atoms with Gasteiger partial charge in [-0.05, 0) is 147 Å². The molecular weight excluding hydrogens is 1070 g/mol. The average Bonchev–Trinajstić information content (AvgIpc) is 3.68. The van der Waals surface area contributed by atoms with Gasteiger partial charge in [0.05, 0.1) is 0 Å². The molecule has 0 aromatic heterocycles. The molecule has 4 rings (SSSR count). The second-order valence-electron chi connectivity index (χ2n) is 21.8. The molecule has 4 aromatic rings. The van der Waals surface area contributed by atoms with Gasteiger partial charge in [-0.3, -0.25) is 19.2 Å². The Balaban J connectivity index is 0.00000110. The SMILES string of the molecule is C.C=CC(C(=O)O)c1cc(CCCC)cc(CCCC)c1O.C=CC(C(=O)O)c1cc(CCCC)cc(CCCC)c1O.C=CC(C(=O)O)c1cc(CCCC)cc(CCCC)c1O.C=CC(C(=O)O)c1cc(CCCC)cc(CCCC)c1O. The lowest BCUT2D eigenvalue weighted by atomic mass is 9.90. The number of rotatable bonds is 36. The number of hydrogen-bond donors (Lipinski definition) is 8. The molecule has 0 heterocycles. The van der Waals surface area contributed by atoms with E-state index in [2.05, 4.69) is 81.7 Å². The van der Waals surface area contributed by atoms with E-state index in [4.69, 9.17) is 0 Å². The predicted molar refractivity (Wildman–Crippen MR) is 350 cm³/mol. The third-order valence-corrected chi connectivity index (χ3v) is 14.9. The molecule has 0 aliphatic carbocycles. The summed E-state index contributed by atoms with van der Waals surface area (Å²) in [6.07, 6.45) is 28.9. The number of hydrogen-bond acceptors (Lipinski definition) is 8. The van der Waals surface area contributed by atoms with Crippen LogP contribution in [0.5, 0.6) is 23.0 Å². The maximum Gasteiger partial charge on any atom is 0.314 e. The fourth-order valence-corrected chi connectivity index (χ4v) is 9.87. The summed E-state index contributed by atoms with van der Waals surface area (Å²) in [5.41, 5.74) is 9.70. The molecule has 0 fully saturated rings. The molecule has 472 valence electrons. The molecule has 4 atom stereocenters. The molecule has 0 aliphatic heterocycles. The number of aliphatic carboxylic acids is 4. The minimum absolute atomic E-state index is 0. The van der Waals surface area contributed by atoms with Gasteiger partial charge in [0, 0.05) is 22.3 Å². The van der Waals surface area contributed by atoms with Gasteiger partial charge in [-0.2, -0.15) is 0 Å². The maximum absolute atomic E-state index is 11.4. The molecule has 0 amide bonds. The van der Waals surface area contributed by atoms with Crippen molar-refractivity contribution in [2.75, 3.05) is 0 Å². The van der Waals surface area contributed by atoms with Crippen molar-refractivity contribution in [2.45, 2.75) is 241 Å². The first kappa shape index (κ1) is 77.9. The summed E-state index contributed by atoms with van der Waals surface area (Å²) in [4.78, 5) is 45.4. The second kappa shape index (κ2) is 43.5. The van der Waals surface area contributed by atoms with Crippen LogP contribution in [-0.2, 0) is 70.5 Å². The Kier molecular flexibility index (Phi) is 39.9. The average molecular weight is 1180 g/mol. The Bertz CT molecular complexity index is 2330. The van der Waals surface area contributed by atoms with Crippen LogP contribution in [0.25, 0.3) is 0 Å². The summed E-state index contributed by atoms with van der Waals surface area (Å²) in [7, 11) is 0. The lowest BCUT2D eigenvalue weighted by molar-refractivity contribution is -0.138. The van der Waals surface area contributed by atoms with Crippen molar-refractivity contribution in [1.82, 2.24) is 0 Å². The highest BCUT2D eigenvalue weighted by molar-refractivity contribution is 5.82. The molecule has 8 N–H and O–H groups in total. The number of benzene rings is 4. The Labute approximate surface area is 511 Å². The summed E-state index contributed by atoms with van der Waals surface area (Å²) in [6, 6.07) is 15.4. The van der Waals surface area contributed by atoms with E-state index in [0.29, 0.717) is 22.3 Å². The first-order chi connectivity index (χ1) is 40.2. The molecule has 12 heteroatoms. The highest BCUT2D eigenvalue weighted by Crippen LogP contribution is 2.37. The third kappa shape index (κ3) is 26.0. The highest BCUT2D eigenvalue weighted by Gasteiger charge is 2.26. The lowest BCUT2D eigenvalue weighted by Crippen LogP contribution is -2.10. The van der Waals surface area contributed by atoms with E-state index in [1.807, 2.05) is 48.5 Å². The Morgan fingerprint density at radius 3 is 0.600 bits per heavy atom. The van der Waals surface area contributed by atoms with Crippen LogP contribution < -0.4 is 0 Å². The van der Waals surface area contributed by atoms with Crippen LogP contribution in [0.15, 0.2) is 99.2 Å². The number of carbonyl (C=O) groups is 4. The van der Waals surface area contributed by atoms with Crippen LogP contribution in [0, 0.1) is 0 Å². The van der Waals surface area contributed by atoms with Crippen LogP contribution in [0.4, 0.5) is 0 Å². The zero-order chi connectivity index (χ0) is 63.3. The zero-order valence-corrected chi connectivity index (χ0v) is 52.2. The fraction of sp³-hybridized carbons (Fsp3) is 0.507. The van der Waals surface area contributed by atoms with E-state index >= 15 is 0 Å². The van der Waals surface area contributed by atoms with Gasteiger partial charge in [0.1, 0.15) is 46.7 Å². The number of carboxylic acid groups (broad SMARTS) is 4. The van der Waals surface area contributed by atoms with E-state index < -0.39 is 47.5 Å². The number of phenolic OH excluding ortho intramolecular Hbond substituents is 4. The van der Waals surface area contributed by atoms with E-state index in [1.54, 1.807) is 0 Å². The monoisotopic (exact) mass is 1180 g/mol. The van der Waals surface area contributed by atoms with E-state index in [9.17, 15) is 60.0 Å². The van der Waals surface area contributed by atoms with E-state index in [0.717, 1.165) is 199 Å². The molecule has 0 bridgehead atoms. The van der Waals surface area contributed by atoms with Gasteiger partial charge in [0.2, 0.25) is 0 Å². The van der Waals surface area contributed by atoms with Gasteiger partial charge in [-0.15, -0.1) is 26.3 Å². The Morgan fingerprint density at radius 2 is 0.471 bits per heavy atom. The highest BCUT2D eigenvalue weighted by atomic mass is 16.4. The molecule has 0 saturated carbocycles. The smallest absolute Gasteiger partial charge is 0.314 e. The van der Waals surface area contributed by atoms with Crippen molar-refractivity contribution in [1.29, 1.82) is 0 Å². The topological polar surface area (TPSA) is 230 Å². The van der Waals surface area contributed by atoms with Crippen molar-refractivity contribution in [2.24, 2.45) is 0 Å². The first-order valence-electron chi connectivity index (χ1n) is 31.0. The molecular formula is C73H108O12. The van der Waals surface area contributed by atoms with Crippen molar-refractivity contribution >= 4 is 23.9 Å². The van der Waals surface area contributed by atoms with Crippen LogP contribution in [0.1, 0.15) is 256 Å². The Hall–Kier alpha value is -7.08. The largest absolute Gasteiger partial charge is 0.507 e. The van der Waals surface area contributed by atoms with Crippen LogP contribution in [0.3, 0.4) is 0 Å². The number of aryl methyl sites for hydroxylation is 8. The molecule has 0 spiro atoms. The van der Waals surface area contributed by atoms with Crippen LogP contribution in [-0.4, -0.2) is 64.7 Å². The summed E-state index contributed by atoms with van der Waals surface area (Å²) >= 11 is 0. The lowest BCUT2D eigenvalue weighted by Gasteiger charge is -2.16. The van der Waals surface area contributed by atoms with Crippen molar-refractivity contribution < 1.29 is 60.0 Å². The van der Waals surface area contributed by atoms with E-state index in [-0.39, 0.29) is 30.4 Å². The zero-order valence-electron chi connectivity index (χ0n) is 52.2. The Morgan fingerprint density at radius 1 is 0.318 bits per heavy atom. The van der Waals surface area contributed by atoms with Gasteiger partial charge in [-0.25, -0.2) is 0 Å². The van der Waals surface area contributed by atoms with Crippen LogP contribution in [0.2, 0.25) is 0 Å². The van der Waals surface area contributed by atoms with Gasteiger partial charge < -0.3 is 40.9 Å². The van der Waals surface area contributed by atoms with Gasteiger partial charge >= 0.3 is 23.9 Å². The van der Waals surface area contributed by atoms with Crippen molar-refractivity contribution in [3.8, 4) is 23.0 Å². The first-order valence-corrected chi connectivity index (χ1v) is 31.0. The standard InChI is InChI=1S/4C18H26O3.CH4/c4*1-4-7-9-13-11-14(10-8-5-2)17(19)16(12-13)15(6-3)18(20)21;/h4*6,11-12,15,19H,3-5,7-10H2,1-2H3,(H,20,21);1H4. The molecule has 4 unspecified atom stereocenters. The maximum atomic E-state index is 11.4. The van der Waals surface area contributed by atoms with Crippen molar-refractivity contribution in [3.63, 3.8) is 0 Å². The third-order valence-electron chi connectivity index (χ3n) is 14.9. The molecule has 85 heavy (non-hydrogen) atoms.